The van der Waals surface area contributed by atoms with E-state index in [1.165, 1.54) is 0 Å². The second kappa shape index (κ2) is 4.60. The van der Waals surface area contributed by atoms with Gasteiger partial charge in [0.15, 0.2) is 0 Å². The van der Waals surface area contributed by atoms with Crippen molar-refractivity contribution in [1.82, 2.24) is 9.97 Å². The van der Waals surface area contributed by atoms with Gasteiger partial charge in [-0.05, 0) is 30.7 Å². The normalized spacial score (nSPS) is 12.4. The molecule has 2 rings (SSSR count). The molecule has 2 N–H and O–H groups in total. The maximum absolute atomic E-state index is 6.07. The lowest BCUT2D eigenvalue weighted by molar-refractivity contribution is 0.821. The van der Waals surface area contributed by atoms with Crippen molar-refractivity contribution >= 4 is 11.6 Å². The molecule has 0 fully saturated rings. The van der Waals surface area contributed by atoms with E-state index >= 15 is 0 Å². The molecule has 0 amide bonds. The summed E-state index contributed by atoms with van der Waals surface area (Å²) in [6, 6.07) is 7.25. The minimum atomic E-state index is -0.259. The molecule has 0 radical (unpaired) electrons. The minimum absolute atomic E-state index is 0.259. The van der Waals surface area contributed by atoms with Crippen LogP contribution >= 0.6 is 11.6 Å². The highest BCUT2D eigenvalue weighted by molar-refractivity contribution is 6.30. The van der Waals surface area contributed by atoms with Crippen LogP contribution in [0, 0.1) is 6.92 Å². The highest BCUT2D eigenvalue weighted by atomic mass is 35.5. The molecular formula is C12H12ClN3. The average Bonchev–Trinajstić information content (AvgIpc) is 2.30. The summed E-state index contributed by atoms with van der Waals surface area (Å²) in [5, 5.41) is 0.609. The number of hydrogen-bond acceptors (Lipinski definition) is 3. The predicted octanol–water partition coefficient (Wildman–Crippen LogP) is 2.49. The van der Waals surface area contributed by atoms with Crippen molar-refractivity contribution < 1.29 is 0 Å². The van der Waals surface area contributed by atoms with Gasteiger partial charge >= 0.3 is 0 Å². The van der Waals surface area contributed by atoms with Crippen molar-refractivity contribution in [3.63, 3.8) is 0 Å². The third kappa shape index (κ3) is 2.38. The highest BCUT2D eigenvalue weighted by Crippen LogP contribution is 2.18. The third-order valence-corrected chi connectivity index (χ3v) is 2.59. The Kier molecular flexibility index (Phi) is 3.17. The maximum atomic E-state index is 6.07. The average molecular weight is 234 g/mol. The van der Waals surface area contributed by atoms with Crippen molar-refractivity contribution in [2.24, 2.45) is 5.73 Å². The molecule has 0 aliphatic rings. The third-order valence-electron chi connectivity index (χ3n) is 2.36. The summed E-state index contributed by atoms with van der Waals surface area (Å²) in [6.45, 7) is 1.94. The first-order valence-corrected chi connectivity index (χ1v) is 5.34. The first-order valence-electron chi connectivity index (χ1n) is 4.96. The van der Waals surface area contributed by atoms with Crippen LogP contribution < -0.4 is 5.73 Å². The summed E-state index contributed by atoms with van der Waals surface area (Å²) in [6.07, 6.45) is 3.37. The Bertz CT molecular complexity index is 419. The molecule has 4 heteroatoms. The Morgan fingerprint density at radius 1 is 1.12 bits per heavy atom. The zero-order chi connectivity index (χ0) is 11.5. The predicted molar refractivity (Wildman–Crippen MR) is 64.3 cm³/mol. The first kappa shape index (κ1) is 11.0. The van der Waals surface area contributed by atoms with Crippen LogP contribution in [-0.2, 0) is 0 Å². The molecule has 0 aliphatic carbocycles. The first-order chi connectivity index (χ1) is 7.66. The largest absolute Gasteiger partial charge is 0.319 e. The quantitative estimate of drug-likeness (QED) is 0.867. The number of nitrogens with zero attached hydrogens (tertiary/aromatic N) is 2. The molecule has 3 nitrogen and oxygen atoms in total. The highest BCUT2D eigenvalue weighted by Gasteiger charge is 2.10. The van der Waals surface area contributed by atoms with Gasteiger partial charge in [0.05, 0.1) is 16.8 Å². The Balaban J connectivity index is 2.28. The fourth-order valence-electron chi connectivity index (χ4n) is 1.41. The van der Waals surface area contributed by atoms with Gasteiger partial charge in [0.2, 0.25) is 0 Å². The number of aryl methyl sites for hydroxylation is 1. The van der Waals surface area contributed by atoms with Gasteiger partial charge in [0.25, 0.3) is 0 Å². The van der Waals surface area contributed by atoms with E-state index in [1.54, 1.807) is 18.5 Å². The van der Waals surface area contributed by atoms with Crippen LogP contribution in [0.25, 0.3) is 0 Å². The smallest absolute Gasteiger partial charge is 0.0741 e. The molecular weight excluding hydrogens is 222 g/mol. The molecule has 2 aromatic heterocycles. The molecule has 2 heterocycles. The van der Waals surface area contributed by atoms with Gasteiger partial charge in [-0.15, -0.1) is 0 Å². The summed E-state index contributed by atoms with van der Waals surface area (Å²) < 4.78 is 0. The monoisotopic (exact) mass is 233 g/mol. The van der Waals surface area contributed by atoms with Crippen molar-refractivity contribution in [3.05, 3.63) is 58.6 Å². The van der Waals surface area contributed by atoms with Gasteiger partial charge in [-0.25, -0.2) is 0 Å². The topological polar surface area (TPSA) is 51.8 Å². The molecule has 0 saturated carbocycles. The van der Waals surface area contributed by atoms with Gasteiger partial charge < -0.3 is 5.73 Å². The van der Waals surface area contributed by atoms with E-state index in [9.17, 15) is 0 Å². The summed E-state index contributed by atoms with van der Waals surface area (Å²) in [5.74, 6) is 0. The zero-order valence-corrected chi connectivity index (χ0v) is 9.65. The van der Waals surface area contributed by atoms with E-state index in [1.807, 2.05) is 25.1 Å². The molecule has 82 valence electrons. The second-order valence-corrected chi connectivity index (χ2v) is 4.05. The van der Waals surface area contributed by atoms with Gasteiger partial charge in [-0.3, -0.25) is 9.97 Å². The van der Waals surface area contributed by atoms with E-state index in [2.05, 4.69) is 9.97 Å². The lowest BCUT2D eigenvalue weighted by Crippen LogP contribution is -2.13. The van der Waals surface area contributed by atoms with E-state index < -0.39 is 0 Å². The number of hydrogen-bond donors (Lipinski definition) is 1. The molecule has 0 bridgehead atoms. The lowest BCUT2D eigenvalue weighted by Gasteiger charge is -2.11. The van der Waals surface area contributed by atoms with Crippen molar-refractivity contribution in [3.8, 4) is 0 Å². The van der Waals surface area contributed by atoms with E-state index in [0.29, 0.717) is 5.02 Å². The van der Waals surface area contributed by atoms with Gasteiger partial charge in [-0.1, -0.05) is 17.7 Å². The van der Waals surface area contributed by atoms with Crippen LogP contribution in [-0.4, -0.2) is 9.97 Å². The Morgan fingerprint density at radius 3 is 2.50 bits per heavy atom. The number of halogens is 1. The molecule has 16 heavy (non-hydrogen) atoms. The number of rotatable bonds is 2. The van der Waals surface area contributed by atoms with Crippen LogP contribution in [0.15, 0.2) is 36.7 Å². The number of pyridine rings is 2. The van der Waals surface area contributed by atoms with Gasteiger partial charge in [0, 0.05) is 18.1 Å². The van der Waals surface area contributed by atoms with Gasteiger partial charge in [-0.2, -0.15) is 0 Å². The number of aromatic nitrogens is 2. The second-order valence-electron chi connectivity index (χ2n) is 3.61. The van der Waals surface area contributed by atoms with Crippen LogP contribution in [0.3, 0.4) is 0 Å². The fourth-order valence-corrected chi connectivity index (χ4v) is 1.52. The van der Waals surface area contributed by atoms with Crippen LogP contribution in [0.1, 0.15) is 23.0 Å². The van der Waals surface area contributed by atoms with Crippen molar-refractivity contribution in [2.75, 3.05) is 0 Å². The molecule has 2 aromatic rings. The maximum Gasteiger partial charge on any atom is 0.0741 e. The van der Waals surface area contributed by atoms with E-state index in [-0.39, 0.29) is 6.04 Å². The molecule has 0 saturated heterocycles. The molecule has 0 spiro atoms. The fraction of sp³-hybridized carbons (Fsp3) is 0.167. The minimum Gasteiger partial charge on any atom is -0.319 e. The molecule has 0 aliphatic heterocycles. The lowest BCUT2D eigenvalue weighted by atomic mass is 10.1. The van der Waals surface area contributed by atoms with Crippen LogP contribution in [0.4, 0.5) is 0 Å². The van der Waals surface area contributed by atoms with Crippen LogP contribution in [0.5, 0.6) is 0 Å². The standard InChI is InChI=1S/C12H12ClN3/c1-8-2-3-9(6-15-8)12(14)11-5-4-10(13)7-16-11/h2-7,12H,14H2,1H3. The zero-order valence-electron chi connectivity index (χ0n) is 8.89. The van der Waals surface area contributed by atoms with Gasteiger partial charge in [0.1, 0.15) is 0 Å². The van der Waals surface area contributed by atoms with Crippen molar-refractivity contribution in [1.29, 1.82) is 0 Å². The van der Waals surface area contributed by atoms with Crippen LogP contribution in [0.2, 0.25) is 5.02 Å². The van der Waals surface area contributed by atoms with Crippen molar-refractivity contribution in [2.45, 2.75) is 13.0 Å². The Morgan fingerprint density at radius 2 is 1.94 bits per heavy atom. The van der Waals surface area contributed by atoms with E-state index in [0.717, 1.165) is 17.0 Å². The summed E-state index contributed by atoms with van der Waals surface area (Å²) in [5.41, 5.74) is 8.78. The summed E-state index contributed by atoms with van der Waals surface area (Å²) >= 11 is 5.77. The van der Waals surface area contributed by atoms with E-state index in [4.69, 9.17) is 17.3 Å². The summed E-state index contributed by atoms with van der Waals surface area (Å²) in [7, 11) is 0. The SMILES string of the molecule is Cc1ccc(C(N)c2ccc(Cl)cn2)cn1. The number of nitrogens with two attached hydrogens (primary N) is 1. The molecule has 1 unspecified atom stereocenters. The Hall–Kier alpha value is -1.45. The molecule has 0 aromatic carbocycles. The summed E-state index contributed by atoms with van der Waals surface area (Å²) in [4.78, 5) is 8.40. The molecule has 1 atom stereocenters. The Labute approximate surface area is 99.3 Å².